The monoisotopic (exact) mass is 342 g/mol. The largest absolute Gasteiger partial charge is 0.335 e. The number of rotatable bonds is 1. The Kier molecular flexibility index (Phi) is 3.58. The van der Waals surface area contributed by atoms with Crippen molar-refractivity contribution in [1.29, 1.82) is 0 Å². The van der Waals surface area contributed by atoms with Crippen LogP contribution in [0.15, 0.2) is 22.7 Å². The van der Waals surface area contributed by atoms with E-state index in [0.29, 0.717) is 28.5 Å². The Labute approximate surface area is 126 Å². The fraction of sp³-hybridized carbons (Fsp3) is 0.500. The van der Waals surface area contributed by atoms with Gasteiger partial charge in [-0.05, 0) is 52.9 Å². The highest BCUT2D eigenvalue weighted by Gasteiger charge is 2.44. The molecule has 3 atom stereocenters. The van der Waals surface area contributed by atoms with Gasteiger partial charge in [0.2, 0.25) is 0 Å². The van der Waals surface area contributed by atoms with Crippen molar-refractivity contribution in [2.24, 2.45) is 11.8 Å². The topological polar surface area (TPSA) is 32.3 Å². The van der Waals surface area contributed by atoms with Crippen LogP contribution in [-0.2, 0) is 0 Å². The van der Waals surface area contributed by atoms with Crippen molar-refractivity contribution in [1.82, 2.24) is 10.2 Å². The van der Waals surface area contributed by atoms with Gasteiger partial charge in [0.1, 0.15) is 0 Å². The summed E-state index contributed by atoms with van der Waals surface area (Å²) in [5.74, 6) is 1.26. The number of halogens is 2. The van der Waals surface area contributed by atoms with E-state index in [9.17, 15) is 4.79 Å². The number of carbonyl (C=O) groups is 1. The Balaban J connectivity index is 1.86. The number of carbonyl (C=O) groups excluding carboxylic acids is 1. The van der Waals surface area contributed by atoms with Gasteiger partial charge in [-0.1, -0.05) is 11.6 Å². The fourth-order valence-corrected chi connectivity index (χ4v) is 3.84. The molecule has 2 aliphatic rings. The first-order valence-electron chi connectivity index (χ1n) is 6.54. The fourth-order valence-electron chi connectivity index (χ4n) is 3.25. The van der Waals surface area contributed by atoms with Gasteiger partial charge >= 0.3 is 0 Å². The second-order valence-corrected chi connectivity index (χ2v) is 6.70. The van der Waals surface area contributed by atoms with Crippen LogP contribution in [0, 0.1) is 11.8 Å². The second-order valence-electron chi connectivity index (χ2n) is 5.40. The van der Waals surface area contributed by atoms with Crippen molar-refractivity contribution in [2.45, 2.75) is 13.0 Å². The summed E-state index contributed by atoms with van der Waals surface area (Å²) in [4.78, 5) is 14.7. The van der Waals surface area contributed by atoms with Crippen LogP contribution in [0.4, 0.5) is 0 Å². The van der Waals surface area contributed by atoms with Gasteiger partial charge in [0.15, 0.2) is 0 Å². The van der Waals surface area contributed by atoms with Crippen LogP contribution in [0.2, 0.25) is 5.02 Å². The normalized spacial score (nSPS) is 29.6. The molecule has 1 aromatic rings. The Morgan fingerprint density at radius 2 is 2.26 bits per heavy atom. The van der Waals surface area contributed by atoms with Gasteiger partial charge in [-0.25, -0.2) is 0 Å². The van der Waals surface area contributed by atoms with Crippen LogP contribution in [0.25, 0.3) is 0 Å². The van der Waals surface area contributed by atoms with Crippen LogP contribution in [0.5, 0.6) is 0 Å². The summed E-state index contributed by atoms with van der Waals surface area (Å²) in [6.45, 7) is 5.03. The molecule has 0 spiro atoms. The molecule has 5 heteroatoms. The molecule has 102 valence electrons. The lowest BCUT2D eigenvalue weighted by atomic mass is 9.95. The number of hydrogen-bond acceptors (Lipinski definition) is 2. The zero-order valence-electron chi connectivity index (χ0n) is 10.7. The third-order valence-corrected chi connectivity index (χ3v) is 5.28. The highest BCUT2D eigenvalue weighted by Crippen LogP contribution is 2.34. The summed E-state index contributed by atoms with van der Waals surface area (Å²) in [5, 5.41) is 4.00. The number of nitrogens with one attached hydrogen (secondary N) is 1. The molecule has 0 radical (unpaired) electrons. The maximum absolute atomic E-state index is 12.7. The molecule has 19 heavy (non-hydrogen) atoms. The predicted octanol–water partition coefficient (Wildman–Crippen LogP) is 2.78. The van der Waals surface area contributed by atoms with Gasteiger partial charge in [-0.2, -0.15) is 0 Å². The maximum Gasteiger partial charge on any atom is 0.255 e. The van der Waals surface area contributed by atoms with Crippen molar-refractivity contribution < 1.29 is 4.79 Å². The molecule has 2 aliphatic heterocycles. The average molecular weight is 344 g/mol. The van der Waals surface area contributed by atoms with E-state index >= 15 is 0 Å². The molecular formula is C14H16BrClN2O. The highest BCUT2D eigenvalue weighted by molar-refractivity contribution is 9.10. The SMILES string of the molecule is CC1C2CNCC2CN1C(=O)c1cc(Cl)ccc1Br. The minimum absolute atomic E-state index is 0.0799. The maximum atomic E-state index is 12.7. The van der Waals surface area contributed by atoms with Gasteiger partial charge in [0, 0.05) is 35.2 Å². The van der Waals surface area contributed by atoms with Crippen LogP contribution >= 0.6 is 27.5 Å². The Morgan fingerprint density at radius 1 is 1.47 bits per heavy atom. The summed E-state index contributed by atoms with van der Waals surface area (Å²) in [6.07, 6.45) is 0. The Hall–Kier alpha value is -0.580. The zero-order chi connectivity index (χ0) is 13.6. The van der Waals surface area contributed by atoms with Crippen molar-refractivity contribution >= 4 is 33.4 Å². The summed E-state index contributed by atoms with van der Waals surface area (Å²) < 4.78 is 0.810. The highest BCUT2D eigenvalue weighted by atomic mass is 79.9. The molecule has 0 bridgehead atoms. The first-order valence-corrected chi connectivity index (χ1v) is 7.71. The van der Waals surface area contributed by atoms with Crippen LogP contribution in [0.3, 0.4) is 0 Å². The molecule has 1 N–H and O–H groups in total. The zero-order valence-corrected chi connectivity index (χ0v) is 13.0. The Morgan fingerprint density at radius 3 is 3.00 bits per heavy atom. The summed E-state index contributed by atoms with van der Waals surface area (Å²) in [6, 6.07) is 5.65. The number of amides is 1. The van der Waals surface area contributed by atoms with E-state index in [1.807, 2.05) is 11.0 Å². The molecule has 0 aliphatic carbocycles. The van der Waals surface area contributed by atoms with Crippen molar-refractivity contribution in [3.63, 3.8) is 0 Å². The molecule has 1 aromatic carbocycles. The van der Waals surface area contributed by atoms with Gasteiger partial charge in [0.05, 0.1) is 5.56 Å². The third kappa shape index (κ3) is 2.30. The number of nitrogens with zero attached hydrogens (tertiary/aromatic N) is 1. The third-order valence-electron chi connectivity index (χ3n) is 4.35. The van der Waals surface area contributed by atoms with Crippen molar-refractivity contribution in [3.8, 4) is 0 Å². The molecular weight excluding hydrogens is 328 g/mol. The van der Waals surface area contributed by atoms with E-state index in [1.54, 1.807) is 12.1 Å². The quantitative estimate of drug-likeness (QED) is 0.850. The Bertz CT molecular complexity index is 522. The first kappa shape index (κ1) is 13.4. The predicted molar refractivity (Wildman–Crippen MR) is 79.5 cm³/mol. The minimum atomic E-state index is 0.0799. The summed E-state index contributed by atoms with van der Waals surface area (Å²) in [7, 11) is 0. The molecule has 3 rings (SSSR count). The lowest BCUT2D eigenvalue weighted by molar-refractivity contribution is 0.0727. The molecule has 2 saturated heterocycles. The van der Waals surface area contributed by atoms with Gasteiger partial charge < -0.3 is 10.2 Å². The molecule has 2 heterocycles. The second kappa shape index (κ2) is 5.08. The molecule has 1 amide bonds. The first-order chi connectivity index (χ1) is 9.08. The van der Waals surface area contributed by atoms with E-state index in [-0.39, 0.29) is 5.91 Å². The molecule has 2 fully saturated rings. The van der Waals surface area contributed by atoms with Crippen molar-refractivity contribution in [3.05, 3.63) is 33.3 Å². The van der Waals surface area contributed by atoms with Gasteiger partial charge in [-0.3, -0.25) is 4.79 Å². The molecule has 3 nitrogen and oxygen atoms in total. The number of hydrogen-bond donors (Lipinski definition) is 1. The summed E-state index contributed by atoms with van der Waals surface area (Å²) >= 11 is 9.44. The lowest BCUT2D eigenvalue weighted by Crippen LogP contribution is -2.38. The van der Waals surface area contributed by atoms with Crippen LogP contribution < -0.4 is 5.32 Å². The van der Waals surface area contributed by atoms with E-state index in [1.165, 1.54) is 0 Å². The van der Waals surface area contributed by atoms with Gasteiger partial charge in [0.25, 0.3) is 5.91 Å². The summed E-state index contributed by atoms with van der Waals surface area (Å²) in [5.41, 5.74) is 0.660. The van der Waals surface area contributed by atoms with E-state index in [4.69, 9.17) is 11.6 Å². The average Bonchev–Trinajstić information content (AvgIpc) is 2.95. The molecule has 0 saturated carbocycles. The van der Waals surface area contributed by atoms with Gasteiger partial charge in [-0.15, -0.1) is 0 Å². The minimum Gasteiger partial charge on any atom is -0.335 e. The van der Waals surface area contributed by atoms with Crippen LogP contribution in [0.1, 0.15) is 17.3 Å². The lowest BCUT2D eigenvalue weighted by Gasteiger charge is -2.25. The standard InChI is InChI=1S/C14H16BrClN2O/c1-8-12-6-17-5-9(12)7-18(8)14(19)11-4-10(16)2-3-13(11)15/h2-4,8-9,12,17H,5-7H2,1H3. The molecule has 0 aromatic heterocycles. The van der Waals surface area contributed by atoms with E-state index in [2.05, 4.69) is 28.2 Å². The van der Waals surface area contributed by atoms with Crippen molar-refractivity contribution in [2.75, 3.05) is 19.6 Å². The number of fused-ring (bicyclic) bond motifs is 1. The van der Waals surface area contributed by atoms with E-state index in [0.717, 1.165) is 24.1 Å². The number of benzene rings is 1. The number of likely N-dealkylation sites (tertiary alicyclic amines) is 1. The van der Waals surface area contributed by atoms with Crippen LogP contribution in [-0.4, -0.2) is 36.5 Å². The van der Waals surface area contributed by atoms with E-state index < -0.39 is 0 Å². The molecule has 3 unspecified atom stereocenters. The smallest absolute Gasteiger partial charge is 0.255 e.